The predicted octanol–water partition coefficient (Wildman–Crippen LogP) is 3.29. The van der Waals surface area contributed by atoms with Crippen molar-refractivity contribution < 1.29 is 24.5 Å². The summed E-state index contributed by atoms with van der Waals surface area (Å²) < 4.78 is 5.12. The Hall–Kier alpha value is -3.06. The first kappa shape index (κ1) is 17.8. The SMILES string of the molecule is COc1ccc(CN2C=C(C(=O)O)C(c3ccsc3)C(C(=O)O)=C2)cc1. The fraction of sp³-hybridized carbons (Fsp3) is 0.158. The Kier molecular flexibility index (Phi) is 5.09. The number of nitrogens with zero attached hydrogens (tertiary/aromatic N) is 1. The number of rotatable bonds is 6. The molecule has 0 bridgehead atoms. The molecule has 1 aliphatic heterocycles. The Bertz CT molecular complexity index is 836. The number of benzene rings is 1. The quantitative estimate of drug-likeness (QED) is 0.810. The van der Waals surface area contributed by atoms with Gasteiger partial charge in [0.1, 0.15) is 5.75 Å². The van der Waals surface area contributed by atoms with E-state index < -0.39 is 17.9 Å². The number of methoxy groups -OCH3 is 1. The minimum absolute atomic E-state index is 0.0387. The molecule has 0 amide bonds. The van der Waals surface area contributed by atoms with Crippen molar-refractivity contribution in [1.82, 2.24) is 4.90 Å². The summed E-state index contributed by atoms with van der Waals surface area (Å²) in [5.74, 6) is -2.34. The minimum atomic E-state index is -1.13. The van der Waals surface area contributed by atoms with Crippen molar-refractivity contribution in [2.45, 2.75) is 12.5 Å². The first-order chi connectivity index (χ1) is 12.5. The van der Waals surface area contributed by atoms with Gasteiger partial charge in [-0.3, -0.25) is 0 Å². The van der Waals surface area contributed by atoms with Gasteiger partial charge >= 0.3 is 11.9 Å². The Morgan fingerprint density at radius 2 is 1.69 bits per heavy atom. The Balaban J connectivity index is 1.95. The van der Waals surface area contributed by atoms with Gasteiger partial charge in [0.05, 0.1) is 24.2 Å². The highest BCUT2D eigenvalue weighted by Crippen LogP contribution is 2.37. The van der Waals surface area contributed by atoms with Gasteiger partial charge in [-0.1, -0.05) is 12.1 Å². The molecular weight excluding hydrogens is 354 g/mol. The Labute approximate surface area is 154 Å². The molecule has 134 valence electrons. The van der Waals surface area contributed by atoms with E-state index in [4.69, 9.17) is 4.74 Å². The second-order valence-corrected chi connectivity index (χ2v) is 6.57. The van der Waals surface area contributed by atoms with Gasteiger partial charge in [-0.15, -0.1) is 0 Å². The van der Waals surface area contributed by atoms with Crippen molar-refractivity contribution in [3.8, 4) is 5.75 Å². The van der Waals surface area contributed by atoms with Gasteiger partial charge in [0, 0.05) is 18.9 Å². The van der Waals surface area contributed by atoms with E-state index in [9.17, 15) is 19.8 Å². The van der Waals surface area contributed by atoms with Gasteiger partial charge in [-0.05, 0) is 40.1 Å². The molecule has 6 nitrogen and oxygen atoms in total. The molecule has 0 spiro atoms. The second-order valence-electron chi connectivity index (χ2n) is 5.79. The second kappa shape index (κ2) is 7.45. The molecule has 1 aliphatic rings. The molecule has 2 heterocycles. The van der Waals surface area contributed by atoms with Gasteiger partial charge in [0.25, 0.3) is 0 Å². The number of carboxylic acid groups (broad SMARTS) is 2. The zero-order valence-corrected chi connectivity index (χ0v) is 14.8. The van der Waals surface area contributed by atoms with Gasteiger partial charge in [-0.25, -0.2) is 9.59 Å². The van der Waals surface area contributed by atoms with Crippen LogP contribution in [0.2, 0.25) is 0 Å². The summed E-state index contributed by atoms with van der Waals surface area (Å²) in [6.45, 7) is 0.355. The van der Waals surface area contributed by atoms with Crippen LogP contribution in [0.3, 0.4) is 0 Å². The lowest BCUT2D eigenvalue weighted by molar-refractivity contribution is -0.133. The fourth-order valence-corrected chi connectivity index (χ4v) is 3.59. The normalized spacial score (nSPS) is 14.6. The fourth-order valence-electron chi connectivity index (χ4n) is 2.90. The third-order valence-corrected chi connectivity index (χ3v) is 4.83. The lowest BCUT2D eigenvalue weighted by Crippen LogP contribution is -2.27. The third-order valence-electron chi connectivity index (χ3n) is 4.13. The molecule has 0 aliphatic carbocycles. The number of thiophene rings is 1. The van der Waals surface area contributed by atoms with Crippen LogP contribution in [0.5, 0.6) is 5.75 Å². The maximum atomic E-state index is 11.8. The molecule has 0 radical (unpaired) electrons. The summed E-state index contributed by atoms with van der Waals surface area (Å²) in [4.78, 5) is 25.2. The molecule has 0 atom stereocenters. The number of aliphatic carboxylic acids is 2. The molecule has 0 saturated heterocycles. The number of hydrogen-bond donors (Lipinski definition) is 2. The van der Waals surface area contributed by atoms with Crippen LogP contribution in [0.25, 0.3) is 0 Å². The van der Waals surface area contributed by atoms with E-state index in [2.05, 4.69) is 0 Å². The predicted molar refractivity (Wildman–Crippen MR) is 97.0 cm³/mol. The van der Waals surface area contributed by atoms with Gasteiger partial charge in [-0.2, -0.15) is 11.3 Å². The molecule has 1 aromatic carbocycles. The van der Waals surface area contributed by atoms with Crippen LogP contribution in [0.4, 0.5) is 0 Å². The Morgan fingerprint density at radius 1 is 1.08 bits per heavy atom. The van der Waals surface area contributed by atoms with Crippen LogP contribution in [-0.4, -0.2) is 34.2 Å². The molecule has 2 N–H and O–H groups in total. The maximum Gasteiger partial charge on any atom is 0.334 e. The number of ether oxygens (including phenoxy) is 1. The van der Waals surface area contributed by atoms with E-state index in [1.165, 1.54) is 23.7 Å². The average molecular weight is 371 g/mol. The van der Waals surface area contributed by atoms with Crippen LogP contribution < -0.4 is 4.74 Å². The van der Waals surface area contributed by atoms with Gasteiger partial charge in [0.15, 0.2) is 0 Å². The van der Waals surface area contributed by atoms with Crippen molar-refractivity contribution in [3.05, 3.63) is 75.8 Å². The van der Waals surface area contributed by atoms with E-state index in [0.29, 0.717) is 17.9 Å². The van der Waals surface area contributed by atoms with Crippen molar-refractivity contribution in [3.63, 3.8) is 0 Å². The highest BCUT2D eigenvalue weighted by Gasteiger charge is 2.34. The number of hydrogen-bond acceptors (Lipinski definition) is 5. The summed E-state index contributed by atoms with van der Waals surface area (Å²) >= 11 is 1.40. The van der Waals surface area contributed by atoms with Crippen molar-refractivity contribution >= 4 is 23.3 Å². The van der Waals surface area contributed by atoms with E-state index in [0.717, 1.165) is 5.56 Å². The van der Waals surface area contributed by atoms with Gasteiger partial charge in [0.2, 0.25) is 0 Å². The summed E-state index contributed by atoms with van der Waals surface area (Å²) in [6, 6.07) is 9.06. The van der Waals surface area contributed by atoms with E-state index in [-0.39, 0.29) is 11.1 Å². The highest BCUT2D eigenvalue weighted by molar-refractivity contribution is 7.08. The maximum absolute atomic E-state index is 11.8. The molecular formula is C19H17NO5S. The monoisotopic (exact) mass is 371 g/mol. The Morgan fingerprint density at radius 3 is 2.15 bits per heavy atom. The molecule has 26 heavy (non-hydrogen) atoms. The largest absolute Gasteiger partial charge is 0.497 e. The molecule has 2 aromatic rings. The van der Waals surface area contributed by atoms with Gasteiger partial charge < -0.3 is 19.8 Å². The molecule has 0 unspecified atom stereocenters. The van der Waals surface area contributed by atoms with Crippen LogP contribution in [-0.2, 0) is 16.1 Å². The van der Waals surface area contributed by atoms with Crippen molar-refractivity contribution in [2.24, 2.45) is 0 Å². The topological polar surface area (TPSA) is 87.1 Å². The standard InChI is InChI=1S/C19H17NO5S/c1-25-14-4-2-12(3-5-14)8-20-9-15(18(21)22)17(13-6-7-26-11-13)16(10-20)19(23)24/h2-7,9-11,17H,8H2,1H3,(H,21,22)(H,23,24). The third kappa shape index (κ3) is 3.62. The summed E-state index contributed by atoms with van der Waals surface area (Å²) in [6.07, 6.45) is 3.00. The van der Waals surface area contributed by atoms with E-state index in [1.54, 1.807) is 41.0 Å². The van der Waals surface area contributed by atoms with Crippen LogP contribution >= 0.6 is 11.3 Å². The first-order valence-electron chi connectivity index (χ1n) is 7.80. The smallest absolute Gasteiger partial charge is 0.334 e. The van der Waals surface area contributed by atoms with Crippen molar-refractivity contribution in [2.75, 3.05) is 7.11 Å². The number of carboxylic acids is 2. The van der Waals surface area contributed by atoms with Crippen LogP contribution in [0.15, 0.2) is 64.6 Å². The molecule has 1 aromatic heterocycles. The average Bonchev–Trinajstić information content (AvgIpc) is 3.15. The zero-order valence-electron chi connectivity index (χ0n) is 14.0. The minimum Gasteiger partial charge on any atom is -0.497 e. The van der Waals surface area contributed by atoms with E-state index >= 15 is 0 Å². The number of carbonyl (C=O) groups is 2. The lowest BCUT2D eigenvalue weighted by atomic mass is 9.85. The first-order valence-corrected chi connectivity index (χ1v) is 8.74. The summed E-state index contributed by atoms with van der Waals surface area (Å²) in [7, 11) is 1.58. The van der Waals surface area contributed by atoms with Crippen molar-refractivity contribution in [1.29, 1.82) is 0 Å². The molecule has 3 rings (SSSR count). The summed E-state index contributed by atoms with van der Waals surface area (Å²) in [5, 5.41) is 22.8. The molecule has 0 fully saturated rings. The van der Waals surface area contributed by atoms with Crippen LogP contribution in [0.1, 0.15) is 17.0 Å². The molecule has 7 heteroatoms. The molecule has 0 saturated carbocycles. The lowest BCUT2D eigenvalue weighted by Gasteiger charge is -2.28. The summed E-state index contributed by atoms with van der Waals surface area (Å²) in [5.41, 5.74) is 1.65. The van der Waals surface area contributed by atoms with E-state index in [1.807, 2.05) is 12.1 Å². The highest BCUT2D eigenvalue weighted by atomic mass is 32.1. The van der Waals surface area contributed by atoms with Crippen LogP contribution in [0, 0.1) is 0 Å². The zero-order chi connectivity index (χ0) is 18.7.